The van der Waals surface area contributed by atoms with Crippen molar-refractivity contribution in [3.8, 4) is 0 Å². The molecule has 0 spiro atoms. The second-order valence-corrected chi connectivity index (χ2v) is 7.28. The van der Waals surface area contributed by atoms with Crippen molar-refractivity contribution in [3.63, 3.8) is 0 Å². The molecule has 0 radical (unpaired) electrons. The molecule has 0 amide bonds. The van der Waals surface area contributed by atoms with Crippen LogP contribution in [0.5, 0.6) is 0 Å². The molecule has 0 aliphatic heterocycles. The number of nitrogens with one attached hydrogen (secondary N) is 1. The summed E-state index contributed by atoms with van der Waals surface area (Å²) >= 11 is 1.86. The van der Waals surface area contributed by atoms with Crippen LogP contribution in [-0.2, 0) is 24.7 Å². The van der Waals surface area contributed by atoms with E-state index in [1.807, 2.05) is 47.7 Å². The van der Waals surface area contributed by atoms with E-state index in [1.165, 1.54) is 16.7 Å². The third-order valence-electron chi connectivity index (χ3n) is 2.65. The Bertz CT molecular complexity index is 383. The van der Waals surface area contributed by atoms with Gasteiger partial charge in [-0.05, 0) is 0 Å². The second kappa shape index (κ2) is 16.0. The van der Waals surface area contributed by atoms with Crippen LogP contribution in [0.3, 0.4) is 0 Å². The summed E-state index contributed by atoms with van der Waals surface area (Å²) in [5.41, 5.74) is 10.9. The molecular weight excluding hydrogens is 369 g/mol. The Morgan fingerprint density at radius 1 is 1.26 bits per heavy atom. The molecule has 1 aliphatic carbocycles. The zero-order valence-corrected chi connectivity index (χ0v) is 18.7. The van der Waals surface area contributed by atoms with E-state index in [1.54, 1.807) is 0 Å². The summed E-state index contributed by atoms with van der Waals surface area (Å²) in [7, 11) is 0. The van der Waals surface area contributed by atoms with E-state index in [9.17, 15) is 0 Å². The van der Waals surface area contributed by atoms with Crippen molar-refractivity contribution in [2.24, 2.45) is 5.92 Å². The first-order valence-corrected chi connectivity index (χ1v) is 7.99. The van der Waals surface area contributed by atoms with Gasteiger partial charge in [-0.1, -0.05) is 47.5 Å². The zero-order valence-electron chi connectivity index (χ0n) is 15.6. The number of hydrogen-bond acceptors (Lipinski definition) is 2. The van der Waals surface area contributed by atoms with Crippen molar-refractivity contribution in [3.05, 3.63) is 28.5 Å². The second-order valence-electron chi connectivity index (χ2n) is 6.18. The molecule has 6 heteroatoms. The molecule has 0 saturated carbocycles. The van der Waals surface area contributed by atoms with Gasteiger partial charge in [-0.3, -0.25) is 6.08 Å². The summed E-state index contributed by atoms with van der Waals surface area (Å²) in [4.78, 5) is 0. The molecule has 1 unspecified atom stereocenters. The molecule has 1 atom stereocenters. The molecule has 1 rings (SSSR count). The topological polar surface area (TPSA) is 53.3 Å². The van der Waals surface area contributed by atoms with E-state index in [-0.39, 0.29) is 37.0 Å². The van der Waals surface area contributed by atoms with Crippen LogP contribution in [0.15, 0.2) is 16.7 Å². The monoisotopic (exact) mass is 399 g/mol. The van der Waals surface area contributed by atoms with Crippen LogP contribution in [0.1, 0.15) is 55.4 Å². The fourth-order valence-electron chi connectivity index (χ4n) is 1.36. The molecule has 2 N–H and O–H groups in total. The molecule has 136 valence electrons. The Morgan fingerprint density at radius 2 is 1.65 bits per heavy atom. The SMILES string of the molecule is CC(C)(C)[NH-].CC1=[C-]C(C)C(C)=C1C.C[C](=[Ti+2])OCCO.[Cl-].[Cl-]. The Labute approximate surface area is 166 Å². The predicted octanol–water partition coefficient (Wildman–Crippen LogP) is -1.74. The summed E-state index contributed by atoms with van der Waals surface area (Å²) < 4.78 is 5.75. The number of ether oxygens (including phenoxy) is 1. The summed E-state index contributed by atoms with van der Waals surface area (Å²) in [6, 6.07) is 0. The van der Waals surface area contributed by atoms with Crippen LogP contribution in [0.4, 0.5) is 0 Å². The summed E-state index contributed by atoms with van der Waals surface area (Å²) in [5.74, 6) is 0.560. The van der Waals surface area contributed by atoms with Crippen LogP contribution >= 0.6 is 0 Å². The molecule has 3 nitrogen and oxygen atoms in total. The number of allylic oxidation sites excluding steroid dienone is 4. The van der Waals surface area contributed by atoms with Crippen LogP contribution in [0.25, 0.3) is 5.73 Å². The normalized spacial score (nSPS) is 16.0. The average molecular weight is 400 g/mol. The number of halogens is 2. The van der Waals surface area contributed by atoms with Crippen LogP contribution in [0, 0.1) is 12.0 Å². The van der Waals surface area contributed by atoms with Crippen molar-refractivity contribution < 1.29 is 54.6 Å². The third kappa shape index (κ3) is 22.5. The molecule has 0 saturated heterocycles. The quantitative estimate of drug-likeness (QED) is 0.452. The summed E-state index contributed by atoms with van der Waals surface area (Å²) in [5, 5.41) is 8.18. The molecule has 0 heterocycles. The van der Waals surface area contributed by atoms with Crippen molar-refractivity contribution in [1.82, 2.24) is 0 Å². The van der Waals surface area contributed by atoms with Crippen LogP contribution < -0.4 is 24.8 Å². The van der Waals surface area contributed by atoms with Gasteiger partial charge in [0, 0.05) is 0 Å². The number of rotatable bonds is 3. The predicted molar refractivity (Wildman–Crippen MR) is 87.8 cm³/mol. The Hall–Kier alpha value is 0.524. The first kappa shape index (κ1) is 31.3. The van der Waals surface area contributed by atoms with Gasteiger partial charge in [0.15, 0.2) is 0 Å². The van der Waals surface area contributed by atoms with E-state index in [0.717, 1.165) is 4.00 Å². The number of aliphatic hydroxyl groups is 1. The fraction of sp³-hybridized carbons (Fsp3) is 0.706. The Balaban J connectivity index is -0.000000118. The molecule has 0 bridgehead atoms. The average Bonchev–Trinajstić information content (AvgIpc) is 2.52. The molecule has 0 aromatic carbocycles. The van der Waals surface area contributed by atoms with Gasteiger partial charge < -0.3 is 30.5 Å². The molecular formula is C17H31Cl2NO2Ti-2. The van der Waals surface area contributed by atoms with Crippen molar-refractivity contribution in [1.29, 1.82) is 0 Å². The molecule has 0 fully saturated rings. The summed E-state index contributed by atoms with van der Waals surface area (Å²) in [6.45, 7) is 16.6. The van der Waals surface area contributed by atoms with Crippen molar-refractivity contribution in [2.75, 3.05) is 13.2 Å². The van der Waals surface area contributed by atoms with Gasteiger partial charge in [0.2, 0.25) is 0 Å². The van der Waals surface area contributed by atoms with Gasteiger partial charge in [-0.25, -0.2) is 5.57 Å². The minimum absolute atomic E-state index is 0. The number of hydrogen-bond donors (Lipinski definition) is 1. The van der Waals surface area contributed by atoms with E-state index >= 15 is 0 Å². The Kier molecular flexibility index (Phi) is 21.8. The maximum Gasteiger partial charge on any atom is -1.00 e. The van der Waals surface area contributed by atoms with Gasteiger partial charge in [-0.2, -0.15) is 11.1 Å². The zero-order chi connectivity index (χ0) is 17.2. The van der Waals surface area contributed by atoms with Gasteiger partial charge in [-0.15, -0.1) is 12.5 Å². The standard InChI is InChI=1S/C9H13.C4H10N.C4H8O2.2ClH.Ti/c1-6-5-7(2)9(4)8(6)3;1-4(2,3)5;1-2-6-4-3-5;;;/h6H,1-4H3;5H,1-3H3;5H,3-4H2,1H3;2*1H;/q2*-1;;;;+2/p-2. The minimum Gasteiger partial charge on any atom is -1.00 e. The molecule has 0 aromatic heterocycles. The van der Waals surface area contributed by atoms with Crippen molar-refractivity contribution in [2.45, 2.75) is 60.9 Å². The van der Waals surface area contributed by atoms with Crippen molar-refractivity contribution >= 4 is 4.00 Å². The Morgan fingerprint density at radius 3 is 1.74 bits per heavy atom. The minimum atomic E-state index is -0.250. The van der Waals surface area contributed by atoms with E-state index in [0.29, 0.717) is 12.5 Å². The molecule has 23 heavy (non-hydrogen) atoms. The largest absolute Gasteiger partial charge is 1.00 e. The maximum atomic E-state index is 8.18. The van der Waals surface area contributed by atoms with E-state index in [4.69, 9.17) is 15.6 Å². The van der Waals surface area contributed by atoms with Crippen LogP contribution in [-0.4, -0.2) is 27.9 Å². The fourth-order valence-corrected chi connectivity index (χ4v) is 1.52. The maximum absolute atomic E-state index is 8.18. The third-order valence-corrected chi connectivity index (χ3v) is 2.87. The van der Waals surface area contributed by atoms with Gasteiger partial charge in [0.05, 0.1) is 0 Å². The molecule has 1 aliphatic rings. The smallest absolute Gasteiger partial charge is 1.00 e. The van der Waals surface area contributed by atoms with E-state index in [2.05, 4.69) is 33.8 Å². The van der Waals surface area contributed by atoms with Gasteiger partial charge >= 0.3 is 54.0 Å². The first-order valence-electron chi connectivity index (χ1n) is 7.21. The first-order chi connectivity index (χ1) is 9.40. The summed E-state index contributed by atoms with van der Waals surface area (Å²) in [6.07, 6.45) is 3.36. The van der Waals surface area contributed by atoms with E-state index < -0.39 is 0 Å². The molecule has 0 aromatic rings. The van der Waals surface area contributed by atoms with Gasteiger partial charge in [0.1, 0.15) is 0 Å². The van der Waals surface area contributed by atoms with Gasteiger partial charge in [0.25, 0.3) is 0 Å². The van der Waals surface area contributed by atoms with Crippen LogP contribution in [0.2, 0.25) is 0 Å². The number of aliphatic hydroxyl groups excluding tert-OH is 1.